The first-order valence-corrected chi connectivity index (χ1v) is 14.5. The van der Waals surface area contributed by atoms with E-state index in [-0.39, 0.29) is 43.6 Å². The van der Waals surface area contributed by atoms with Crippen molar-refractivity contribution in [3.8, 4) is 11.5 Å². The lowest BCUT2D eigenvalue weighted by Gasteiger charge is -2.18. The summed E-state index contributed by atoms with van der Waals surface area (Å²) in [6.07, 6.45) is 6.73. The maximum atomic E-state index is 12.1. The summed E-state index contributed by atoms with van der Waals surface area (Å²) in [5.74, 6) is 1.59. The molecule has 2 aromatic heterocycles. The lowest BCUT2D eigenvalue weighted by Crippen LogP contribution is -2.31. The predicted molar refractivity (Wildman–Crippen MR) is 183 cm³/mol. The van der Waals surface area contributed by atoms with Crippen LogP contribution in [0, 0.1) is 0 Å². The maximum absolute atomic E-state index is 12.1. The zero-order chi connectivity index (χ0) is 29.7. The van der Waals surface area contributed by atoms with Crippen LogP contribution in [-0.4, -0.2) is 62.2 Å². The van der Waals surface area contributed by atoms with Gasteiger partial charge in [-0.05, 0) is 70.3 Å². The summed E-state index contributed by atoms with van der Waals surface area (Å²) in [7, 11) is 3.33. The van der Waals surface area contributed by atoms with Crippen LogP contribution in [0.15, 0.2) is 60.9 Å². The highest BCUT2D eigenvalue weighted by Gasteiger charge is 2.11. The second-order valence-electron chi connectivity index (χ2n) is 10.4. The Morgan fingerprint density at radius 2 is 1.27 bits per heavy atom. The number of nitrogens with one attached hydrogen (secondary N) is 4. The molecule has 4 rings (SSSR count). The number of nitrogens with zero attached hydrogens (tertiary/aromatic N) is 2. The second-order valence-corrected chi connectivity index (χ2v) is 10.4. The van der Waals surface area contributed by atoms with E-state index in [0.717, 1.165) is 76.9 Å². The average molecular weight is 648 g/mol. The van der Waals surface area contributed by atoms with Gasteiger partial charge in [-0.15, -0.1) is 24.8 Å². The molecule has 0 aliphatic carbocycles. The lowest BCUT2D eigenvalue weighted by atomic mass is 10.1. The second kappa shape index (κ2) is 18.8. The van der Waals surface area contributed by atoms with E-state index in [0.29, 0.717) is 6.54 Å². The summed E-state index contributed by atoms with van der Waals surface area (Å²) in [6.45, 7) is 5.71. The predicted octanol–water partition coefficient (Wildman–Crippen LogP) is 6.78. The number of hydrogen-bond donors (Lipinski definition) is 4. The third-order valence-corrected chi connectivity index (χ3v) is 7.01. The van der Waals surface area contributed by atoms with Crippen molar-refractivity contribution >= 4 is 64.1 Å². The highest BCUT2D eigenvalue weighted by Crippen LogP contribution is 2.29. The van der Waals surface area contributed by atoms with E-state index in [4.69, 9.17) is 14.2 Å². The Labute approximate surface area is 271 Å². The van der Waals surface area contributed by atoms with E-state index in [1.54, 1.807) is 26.6 Å². The van der Waals surface area contributed by atoms with E-state index in [2.05, 4.69) is 45.1 Å². The van der Waals surface area contributed by atoms with Gasteiger partial charge in [0, 0.05) is 53.9 Å². The molecule has 0 spiro atoms. The highest BCUT2D eigenvalue weighted by atomic mass is 35.5. The Bertz CT molecular complexity index is 1460. The fourth-order valence-electron chi connectivity index (χ4n) is 4.83. The van der Waals surface area contributed by atoms with Crippen molar-refractivity contribution in [1.29, 1.82) is 0 Å². The summed E-state index contributed by atoms with van der Waals surface area (Å²) < 4.78 is 16.1. The number of halogens is 2. The Morgan fingerprint density at radius 1 is 0.773 bits per heavy atom. The van der Waals surface area contributed by atoms with Crippen LogP contribution < -0.4 is 30.7 Å². The van der Waals surface area contributed by atoms with Gasteiger partial charge in [-0.25, -0.2) is 4.79 Å². The number of amides is 1. The van der Waals surface area contributed by atoms with E-state index < -0.39 is 6.09 Å². The van der Waals surface area contributed by atoms with E-state index in [1.807, 2.05) is 48.5 Å². The highest BCUT2D eigenvalue weighted by molar-refractivity contribution is 5.92. The summed E-state index contributed by atoms with van der Waals surface area (Å²) >= 11 is 0. The average Bonchev–Trinajstić information content (AvgIpc) is 3.00. The molecule has 44 heavy (non-hydrogen) atoms. The standard InChI is InChI=1S/C32H42N6O4.2ClH/c1-22(37-28-19-26(40-3)17-24-11-7-14-34-30(24)28)9-5-13-33-21-42-32(39)36-16-6-10-23(2)38-29-20-27(41-4)18-25-12-8-15-35-31(25)29;;/h7-8,11-12,14-15,17-20,22-23,33,37-38H,5-6,9-10,13,16,21H2,1-4H3,(H,36,39);2*1H. The first-order chi connectivity index (χ1) is 20.5. The quantitative estimate of drug-likeness (QED) is 0.0771. The smallest absolute Gasteiger partial charge is 0.408 e. The molecule has 1 amide bonds. The van der Waals surface area contributed by atoms with Crippen LogP contribution in [0.2, 0.25) is 0 Å². The Morgan fingerprint density at radius 3 is 1.77 bits per heavy atom. The molecule has 0 saturated heterocycles. The van der Waals surface area contributed by atoms with Gasteiger partial charge in [-0.3, -0.25) is 15.3 Å². The fourth-order valence-corrected chi connectivity index (χ4v) is 4.83. The number of alkyl carbamates (subject to hydrolysis) is 1. The lowest BCUT2D eigenvalue weighted by molar-refractivity contribution is 0.136. The van der Waals surface area contributed by atoms with Gasteiger partial charge in [0.2, 0.25) is 0 Å². The number of rotatable bonds is 16. The number of methoxy groups -OCH3 is 2. The Hall–Kier alpha value is -3.73. The van der Waals surface area contributed by atoms with Gasteiger partial charge in [0.05, 0.1) is 36.6 Å². The third-order valence-electron chi connectivity index (χ3n) is 7.01. The van der Waals surface area contributed by atoms with Crippen molar-refractivity contribution in [2.45, 2.75) is 51.6 Å². The first kappa shape index (κ1) is 36.5. The van der Waals surface area contributed by atoms with Gasteiger partial charge in [0.1, 0.15) is 18.2 Å². The molecule has 12 heteroatoms. The molecule has 0 aliphatic rings. The minimum absolute atomic E-state index is 0. The zero-order valence-corrected chi connectivity index (χ0v) is 27.4. The Balaban J connectivity index is 0.00000337. The number of fused-ring (bicyclic) bond motifs is 2. The number of carbonyl (C=O) groups is 1. The maximum Gasteiger partial charge on any atom is 0.408 e. The summed E-state index contributed by atoms with van der Waals surface area (Å²) in [5, 5.41) is 15.1. The molecule has 2 aromatic carbocycles. The zero-order valence-electron chi connectivity index (χ0n) is 25.7. The molecule has 0 radical (unpaired) electrons. The molecule has 240 valence electrons. The van der Waals surface area contributed by atoms with Crippen molar-refractivity contribution in [2.75, 3.05) is 44.7 Å². The SMILES string of the molecule is COc1cc(NC(C)CCCNCOC(=O)NCCCC(C)Nc2cc(OC)cc3cccnc23)c2ncccc2c1.Cl.Cl. The minimum atomic E-state index is -0.418. The molecular weight excluding hydrogens is 603 g/mol. The molecule has 2 unspecified atom stereocenters. The fraction of sp³-hybridized carbons (Fsp3) is 0.406. The van der Waals surface area contributed by atoms with Crippen LogP contribution in [0.3, 0.4) is 0 Å². The van der Waals surface area contributed by atoms with E-state index in [1.165, 1.54) is 0 Å². The number of pyridine rings is 2. The van der Waals surface area contributed by atoms with Gasteiger partial charge in [-0.2, -0.15) is 0 Å². The van der Waals surface area contributed by atoms with Crippen LogP contribution in [-0.2, 0) is 4.74 Å². The summed E-state index contributed by atoms with van der Waals surface area (Å²) in [4.78, 5) is 21.1. The first-order valence-electron chi connectivity index (χ1n) is 14.5. The summed E-state index contributed by atoms with van der Waals surface area (Å²) in [6, 6.07) is 16.2. The number of hydrogen-bond acceptors (Lipinski definition) is 9. The number of benzene rings is 2. The molecule has 2 heterocycles. The Kier molecular flexibility index (Phi) is 15.6. The molecule has 2 atom stereocenters. The van der Waals surface area contributed by atoms with Gasteiger partial charge >= 0.3 is 6.09 Å². The van der Waals surface area contributed by atoms with Gasteiger partial charge in [-0.1, -0.05) is 12.1 Å². The minimum Gasteiger partial charge on any atom is -0.497 e. The number of carbonyl (C=O) groups excluding carboxylic acids is 1. The number of ether oxygens (including phenoxy) is 3. The van der Waals surface area contributed by atoms with Crippen LogP contribution >= 0.6 is 24.8 Å². The van der Waals surface area contributed by atoms with Gasteiger partial charge in [0.25, 0.3) is 0 Å². The van der Waals surface area contributed by atoms with Crippen molar-refractivity contribution in [3.05, 3.63) is 60.9 Å². The third kappa shape index (κ3) is 10.8. The molecule has 0 bridgehead atoms. The van der Waals surface area contributed by atoms with Crippen LogP contribution in [0.5, 0.6) is 11.5 Å². The topological polar surface area (TPSA) is 119 Å². The van der Waals surface area contributed by atoms with Crippen LogP contribution in [0.4, 0.5) is 16.2 Å². The van der Waals surface area contributed by atoms with Crippen molar-refractivity contribution in [1.82, 2.24) is 20.6 Å². The molecule has 4 aromatic rings. The molecule has 4 N–H and O–H groups in total. The normalized spacial score (nSPS) is 11.9. The van der Waals surface area contributed by atoms with Crippen LogP contribution in [0.1, 0.15) is 39.5 Å². The van der Waals surface area contributed by atoms with Gasteiger partial charge in [0.15, 0.2) is 0 Å². The van der Waals surface area contributed by atoms with E-state index in [9.17, 15) is 4.79 Å². The van der Waals surface area contributed by atoms with Gasteiger partial charge < -0.3 is 30.2 Å². The van der Waals surface area contributed by atoms with Crippen LogP contribution in [0.25, 0.3) is 21.8 Å². The largest absolute Gasteiger partial charge is 0.497 e. The summed E-state index contributed by atoms with van der Waals surface area (Å²) in [5.41, 5.74) is 3.73. The molecule has 0 aliphatic heterocycles. The number of anilines is 2. The van der Waals surface area contributed by atoms with Crippen molar-refractivity contribution in [2.24, 2.45) is 0 Å². The molecular formula is C32H44Cl2N6O4. The van der Waals surface area contributed by atoms with Crippen molar-refractivity contribution in [3.63, 3.8) is 0 Å². The van der Waals surface area contributed by atoms with Crippen molar-refractivity contribution < 1.29 is 19.0 Å². The molecule has 0 saturated carbocycles. The van der Waals surface area contributed by atoms with E-state index >= 15 is 0 Å². The molecule has 10 nitrogen and oxygen atoms in total. The monoisotopic (exact) mass is 646 g/mol. The number of aromatic nitrogens is 2. The molecule has 0 fully saturated rings.